The molecule has 0 amide bonds. The molecule has 7 aromatic rings. The molecule has 0 unspecified atom stereocenters. The Kier molecular flexibility index (Phi) is 4.30. The molecule has 0 radical (unpaired) electrons. The van der Waals surface area contributed by atoms with Crippen molar-refractivity contribution >= 4 is 43.1 Å². The second kappa shape index (κ2) is 7.55. The van der Waals surface area contributed by atoms with Gasteiger partial charge >= 0.3 is 0 Å². The molecule has 0 heteroatoms. The van der Waals surface area contributed by atoms with Crippen LogP contribution in [0.4, 0.5) is 0 Å². The third-order valence-corrected chi connectivity index (χ3v) is 8.68. The zero-order valence-electron chi connectivity index (χ0n) is 22.2. The van der Waals surface area contributed by atoms with Gasteiger partial charge in [0.2, 0.25) is 0 Å². The molecular weight excluding hydrogens is 456 g/mol. The van der Waals surface area contributed by atoms with Gasteiger partial charge in [-0.25, -0.2) is 0 Å². The highest BCUT2D eigenvalue weighted by Gasteiger charge is 2.27. The van der Waals surface area contributed by atoms with Gasteiger partial charge in [0.15, 0.2) is 0 Å². The lowest BCUT2D eigenvalue weighted by Gasteiger charge is -2.16. The van der Waals surface area contributed by atoms with Crippen LogP contribution in [0.15, 0.2) is 97.1 Å². The average molecular weight is 485 g/mol. The van der Waals surface area contributed by atoms with E-state index in [1.54, 1.807) is 0 Å². The first-order valence-corrected chi connectivity index (χ1v) is 13.5. The molecule has 0 saturated heterocycles. The lowest BCUT2D eigenvalue weighted by Crippen LogP contribution is -1.89. The molecule has 38 heavy (non-hydrogen) atoms. The standard InChI is InChI=1S/C38H28/c1-21-9-13-28-31(16-21)30(27-12-11-25-7-5-6-8-26(25)18-27)19-33-29-14-10-23(3)37-36-24(4)15-22(2)17-34(36)35(38(29)37)20-32(28)33/h5-20H,1-4H3. The van der Waals surface area contributed by atoms with E-state index in [0.29, 0.717) is 0 Å². The van der Waals surface area contributed by atoms with E-state index in [2.05, 4.69) is 125 Å². The zero-order valence-corrected chi connectivity index (χ0v) is 22.2. The second-order valence-electron chi connectivity index (χ2n) is 11.2. The molecule has 0 saturated carbocycles. The van der Waals surface area contributed by atoms with Crippen LogP contribution < -0.4 is 0 Å². The van der Waals surface area contributed by atoms with Crippen LogP contribution in [-0.4, -0.2) is 0 Å². The normalized spacial score (nSPS) is 12.2. The number of hydrogen-bond acceptors (Lipinski definition) is 0. The van der Waals surface area contributed by atoms with Gasteiger partial charge in [0, 0.05) is 0 Å². The Bertz CT molecular complexity index is 2160. The van der Waals surface area contributed by atoms with Crippen molar-refractivity contribution in [2.24, 2.45) is 0 Å². The predicted octanol–water partition coefficient (Wildman–Crippen LogP) is 10.8. The minimum Gasteiger partial charge on any atom is -0.0616 e. The minimum absolute atomic E-state index is 1.27. The van der Waals surface area contributed by atoms with Crippen molar-refractivity contribution in [3.05, 3.63) is 119 Å². The van der Waals surface area contributed by atoms with Gasteiger partial charge in [-0.1, -0.05) is 90.0 Å². The fourth-order valence-electron chi connectivity index (χ4n) is 7.01. The van der Waals surface area contributed by atoms with Crippen LogP contribution in [0.25, 0.3) is 76.5 Å². The summed E-state index contributed by atoms with van der Waals surface area (Å²) in [6, 6.07) is 36.9. The summed E-state index contributed by atoms with van der Waals surface area (Å²) in [4.78, 5) is 0. The molecule has 0 atom stereocenters. The van der Waals surface area contributed by atoms with Crippen molar-refractivity contribution in [2.45, 2.75) is 27.7 Å². The Morgan fingerprint density at radius 2 is 1.16 bits per heavy atom. The molecule has 8 rings (SSSR count). The van der Waals surface area contributed by atoms with Crippen LogP contribution in [0.2, 0.25) is 0 Å². The Morgan fingerprint density at radius 1 is 0.395 bits per heavy atom. The lowest BCUT2D eigenvalue weighted by molar-refractivity contribution is 1.38. The van der Waals surface area contributed by atoms with Gasteiger partial charge in [0.05, 0.1) is 0 Å². The number of aryl methyl sites for hydroxylation is 4. The molecule has 7 aromatic carbocycles. The summed E-state index contributed by atoms with van der Waals surface area (Å²) in [7, 11) is 0. The summed E-state index contributed by atoms with van der Waals surface area (Å²) in [5.74, 6) is 0. The molecule has 0 bridgehead atoms. The van der Waals surface area contributed by atoms with Gasteiger partial charge in [-0.15, -0.1) is 0 Å². The monoisotopic (exact) mass is 484 g/mol. The summed E-state index contributed by atoms with van der Waals surface area (Å²) >= 11 is 0. The highest BCUT2D eigenvalue weighted by atomic mass is 14.3. The highest BCUT2D eigenvalue weighted by Crippen LogP contribution is 2.53. The fourth-order valence-corrected chi connectivity index (χ4v) is 7.01. The first-order valence-electron chi connectivity index (χ1n) is 13.5. The van der Waals surface area contributed by atoms with E-state index in [1.807, 2.05) is 0 Å². The van der Waals surface area contributed by atoms with Gasteiger partial charge in [0.25, 0.3) is 0 Å². The van der Waals surface area contributed by atoms with E-state index in [1.165, 1.54) is 98.7 Å². The smallest absolute Gasteiger partial charge is 0.00171 e. The SMILES string of the molecule is Cc1cc(C)c2c(c1)-c1cc3c4ccc(C)cc4c(-c4ccc5ccccc5c4)cc3c3ccc(C)c-2c13. The summed E-state index contributed by atoms with van der Waals surface area (Å²) in [6.07, 6.45) is 0. The van der Waals surface area contributed by atoms with Crippen LogP contribution in [0.1, 0.15) is 22.3 Å². The quantitative estimate of drug-likeness (QED) is 0.203. The summed E-state index contributed by atoms with van der Waals surface area (Å²) in [5.41, 5.74) is 13.5. The largest absolute Gasteiger partial charge is 0.0616 e. The molecule has 0 nitrogen and oxygen atoms in total. The van der Waals surface area contributed by atoms with E-state index in [4.69, 9.17) is 0 Å². The first-order chi connectivity index (χ1) is 18.5. The predicted molar refractivity (Wildman–Crippen MR) is 165 cm³/mol. The maximum Gasteiger partial charge on any atom is -0.00171 e. The third-order valence-electron chi connectivity index (χ3n) is 8.68. The van der Waals surface area contributed by atoms with Gasteiger partial charge < -0.3 is 0 Å². The third kappa shape index (κ3) is 2.86. The van der Waals surface area contributed by atoms with Gasteiger partial charge in [-0.2, -0.15) is 0 Å². The molecule has 0 fully saturated rings. The topological polar surface area (TPSA) is 0 Å². The number of fused-ring (bicyclic) bond motifs is 8. The Morgan fingerprint density at radius 3 is 2.03 bits per heavy atom. The van der Waals surface area contributed by atoms with Crippen LogP contribution in [-0.2, 0) is 0 Å². The zero-order chi connectivity index (χ0) is 25.7. The minimum atomic E-state index is 1.27. The molecule has 0 aliphatic heterocycles. The Labute approximate surface area is 223 Å². The van der Waals surface area contributed by atoms with Crippen molar-refractivity contribution in [3.8, 4) is 33.4 Å². The van der Waals surface area contributed by atoms with E-state index in [0.717, 1.165) is 0 Å². The second-order valence-corrected chi connectivity index (χ2v) is 11.2. The summed E-state index contributed by atoms with van der Waals surface area (Å²) < 4.78 is 0. The number of benzene rings is 7. The summed E-state index contributed by atoms with van der Waals surface area (Å²) in [5, 5.41) is 10.7. The molecule has 0 aromatic heterocycles. The lowest BCUT2D eigenvalue weighted by atomic mass is 9.87. The van der Waals surface area contributed by atoms with Gasteiger partial charge in [-0.05, 0) is 133 Å². The molecule has 0 heterocycles. The molecule has 0 N–H and O–H groups in total. The van der Waals surface area contributed by atoms with Crippen molar-refractivity contribution in [3.63, 3.8) is 0 Å². The molecule has 180 valence electrons. The van der Waals surface area contributed by atoms with E-state index in [-0.39, 0.29) is 0 Å². The fraction of sp³-hybridized carbons (Fsp3) is 0.105. The van der Waals surface area contributed by atoms with Crippen LogP contribution in [0.3, 0.4) is 0 Å². The van der Waals surface area contributed by atoms with Gasteiger partial charge in [0.1, 0.15) is 0 Å². The van der Waals surface area contributed by atoms with Crippen LogP contribution in [0, 0.1) is 27.7 Å². The van der Waals surface area contributed by atoms with Crippen molar-refractivity contribution in [1.29, 1.82) is 0 Å². The molecule has 1 aliphatic rings. The Hall–Kier alpha value is -4.42. The summed E-state index contributed by atoms with van der Waals surface area (Å²) in [6.45, 7) is 8.95. The van der Waals surface area contributed by atoms with Crippen molar-refractivity contribution < 1.29 is 0 Å². The van der Waals surface area contributed by atoms with E-state index >= 15 is 0 Å². The average Bonchev–Trinajstić information content (AvgIpc) is 3.25. The van der Waals surface area contributed by atoms with Gasteiger partial charge in [-0.3, -0.25) is 0 Å². The molecule has 1 aliphatic carbocycles. The number of hydrogen-bond donors (Lipinski definition) is 0. The van der Waals surface area contributed by atoms with Crippen LogP contribution >= 0.6 is 0 Å². The van der Waals surface area contributed by atoms with Crippen molar-refractivity contribution in [2.75, 3.05) is 0 Å². The maximum absolute atomic E-state index is 2.48. The maximum atomic E-state index is 2.48. The van der Waals surface area contributed by atoms with E-state index in [9.17, 15) is 0 Å². The number of rotatable bonds is 1. The van der Waals surface area contributed by atoms with Crippen LogP contribution in [0.5, 0.6) is 0 Å². The highest BCUT2D eigenvalue weighted by molar-refractivity contribution is 6.29. The van der Waals surface area contributed by atoms with Crippen molar-refractivity contribution in [1.82, 2.24) is 0 Å². The first kappa shape index (κ1) is 21.6. The molecule has 0 spiro atoms. The van der Waals surface area contributed by atoms with E-state index < -0.39 is 0 Å². The molecular formula is C38H28. The Balaban J connectivity index is 1.56.